The zero-order chi connectivity index (χ0) is 48.4. The van der Waals surface area contributed by atoms with Crippen LogP contribution in [0.15, 0.2) is 97.2 Å². The molecule has 0 aromatic carbocycles. The summed E-state index contributed by atoms with van der Waals surface area (Å²) < 4.78 is 54.1. The van der Waals surface area contributed by atoms with Gasteiger partial charge in [0.1, 0.15) is 36.8 Å². The molecule has 2 unspecified atom stereocenters. The van der Waals surface area contributed by atoms with Crippen LogP contribution < -0.4 is 0 Å². The van der Waals surface area contributed by atoms with Crippen LogP contribution in [0.1, 0.15) is 168 Å². The van der Waals surface area contributed by atoms with Crippen LogP contribution in [0.4, 0.5) is 0 Å². The van der Waals surface area contributed by atoms with Crippen molar-refractivity contribution in [3.05, 3.63) is 97.2 Å². The van der Waals surface area contributed by atoms with Crippen molar-refractivity contribution >= 4 is 22.1 Å². The first-order valence-corrected chi connectivity index (χ1v) is 26.4. The molecule has 0 bridgehead atoms. The summed E-state index contributed by atoms with van der Waals surface area (Å²) in [6.45, 7) is 3.56. The fourth-order valence-electron chi connectivity index (χ4n) is 6.85. The van der Waals surface area contributed by atoms with E-state index < -0.39 is 71.2 Å². The van der Waals surface area contributed by atoms with Gasteiger partial charge < -0.3 is 34.3 Å². The van der Waals surface area contributed by atoms with Gasteiger partial charge in [0.05, 0.1) is 6.61 Å². The summed E-state index contributed by atoms with van der Waals surface area (Å²) in [7, 11) is -4.62. The first-order valence-electron chi connectivity index (χ1n) is 24.8. The van der Waals surface area contributed by atoms with Crippen LogP contribution in [-0.4, -0.2) is 96.0 Å². The Labute approximate surface area is 398 Å². The van der Waals surface area contributed by atoms with E-state index in [-0.39, 0.29) is 19.4 Å². The van der Waals surface area contributed by atoms with Gasteiger partial charge in [-0.2, -0.15) is 8.42 Å². The molecule has 0 radical (unpaired) electrons. The average molecular weight is 947 g/mol. The monoisotopic (exact) mass is 947 g/mol. The van der Waals surface area contributed by atoms with Gasteiger partial charge in [-0.15, -0.1) is 0 Å². The van der Waals surface area contributed by atoms with E-state index in [1.165, 1.54) is 57.8 Å². The second-order valence-electron chi connectivity index (χ2n) is 16.7. The maximum absolute atomic E-state index is 12.8. The Hall–Kier alpha value is -3.43. The van der Waals surface area contributed by atoms with Crippen molar-refractivity contribution in [3.8, 4) is 0 Å². The molecular formula is C53H86O12S. The first-order chi connectivity index (χ1) is 32.0. The maximum Gasteiger partial charge on any atom is 0.306 e. The van der Waals surface area contributed by atoms with Gasteiger partial charge in [0.2, 0.25) is 0 Å². The number of allylic oxidation sites excluding steroid dienone is 16. The third kappa shape index (κ3) is 35.7. The van der Waals surface area contributed by atoms with Gasteiger partial charge in [-0.25, -0.2) is 0 Å². The summed E-state index contributed by atoms with van der Waals surface area (Å²) >= 11 is 0. The van der Waals surface area contributed by atoms with E-state index in [1.807, 2.05) is 18.2 Å². The van der Waals surface area contributed by atoms with Gasteiger partial charge in [-0.1, -0.05) is 169 Å². The van der Waals surface area contributed by atoms with Gasteiger partial charge in [-0.05, 0) is 83.5 Å². The molecule has 1 fully saturated rings. The zero-order valence-electron chi connectivity index (χ0n) is 40.3. The zero-order valence-corrected chi connectivity index (χ0v) is 41.1. The van der Waals surface area contributed by atoms with Crippen LogP contribution in [0, 0.1) is 0 Å². The number of carbonyl (C=O) groups excluding carboxylic acids is 2. The summed E-state index contributed by atoms with van der Waals surface area (Å²) in [5, 5.41) is 30.9. The molecule has 4 N–H and O–H groups in total. The van der Waals surface area contributed by atoms with Crippen molar-refractivity contribution in [2.24, 2.45) is 0 Å². The van der Waals surface area contributed by atoms with E-state index in [4.69, 9.17) is 18.9 Å². The highest BCUT2D eigenvalue weighted by atomic mass is 32.2. The van der Waals surface area contributed by atoms with Gasteiger partial charge in [0.25, 0.3) is 10.1 Å². The molecule has 1 saturated heterocycles. The number of hydrogen-bond acceptors (Lipinski definition) is 11. The quantitative estimate of drug-likeness (QED) is 0.0197. The van der Waals surface area contributed by atoms with Gasteiger partial charge >= 0.3 is 11.9 Å². The van der Waals surface area contributed by atoms with Crippen molar-refractivity contribution in [1.29, 1.82) is 0 Å². The minimum absolute atomic E-state index is 0.0329. The summed E-state index contributed by atoms with van der Waals surface area (Å²) in [5.74, 6) is -2.11. The number of hydrogen-bond donors (Lipinski definition) is 4. The van der Waals surface area contributed by atoms with E-state index in [9.17, 15) is 37.9 Å². The Morgan fingerprint density at radius 3 is 1.48 bits per heavy atom. The van der Waals surface area contributed by atoms with Crippen molar-refractivity contribution in [3.63, 3.8) is 0 Å². The summed E-state index contributed by atoms with van der Waals surface area (Å²) in [6, 6.07) is 0. The summed E-state index contributed by atoms with van der Waals surface area (Å²) in [4.78, 5) is 25.5. The molecule has 0 aromatic heterocycles. The van der Waals surface area contributed by atoms with Crippen molar-refractivity contribution < 1.29 is 56.8 Å². The maximum atomic E-state index is 12.8. The molecule has 0 saturated carbocycles. The number of esters is 2. The van der Waals surface area contributed by atoms with Crippen LogP contribution in [0.5, 0.6) is 0 Å². The third-order valence-electron chi connectivity index (χ3n) is 10.7. The Morgan fingerprint density at radius 2 is 0.985 bits per heavy atom. The second kappa shape index (κ2) is 41.7. The molecule has 0 aliphatic carbocycles. The number of aliphatic hydroxyl groups excluding tert-OH is 3. The summed E-state index contributed by atoms with van der Waals surface area (Å²) in [5.41, 5.74) is 0. The molecule has 1 aliphatic rings. The number of carbonyl (C=O) groups is 2. The molecule has 1 aliphatic heterocycles. The van der Waals surface area contributed by atoms with Gasteiger partial charge in [0, 0.05) is 12.8 Å². The molecule has 0 spiro atoms. The smallest absolute Gasteiger partial charge is 0.306 e. The molecule has 1 rings (SSSR count). The van der Waals surface area contributed by atoms with Crippen LogP contribution in [0.3, 0.4) is 0 Å². The lowest BCUT2D eigenvalue weighted by Gasteiger charge is -2.40. The minimum Gasteiger partial charge on any atom is -0.462 e. The van der Waals surface area contributed by atoms with Crippen molar-refractivity contribution in [1.82, 2.24) is 0 Å². The Bertz CT molecular complexity index is 1580. The van der Waals surface area contributed by atoms with Gasteiger partial charge in [0.15, 0.2) is 12.4 Å². The highest BCUT2D eigenvalue weighted by Crippen LogP contribution is 2.24. The molecule has 376 valence electrons. The van der Waals surface area contributed by atoms with Crippen LogP contribution >= 0.6 is 0 Å². The lowest BCUT2D eigenvalue weighted by atomic mass is 10.00. The lowest BCUT2D eigenvalue weighted by Crippen LogP contribution is -2.60. The Morgan fingerprint density at radius 1 is 0.530 bits per heavy atom. The van der Waals surface area contributed by atoms with Crippen LogP contribution in [0.2, 0.25) is 0 Å². The first kappa shape index (κ1) is 60.6. The standard InChI is InChI=1S/C53H86O12S/c1-3-5-7-9-11-13-15-17-19-21-23-25-27-29-31-33-35-37-39-41-48(54)62-43-46(44-63-53-52(58)51(57)50(56)47(65-53)45-66(59,60)61)64-49(55)42-40-38-36-34-32-30-28-26-24-22-20-18-16-14-12-10-8-6-4-2/h6,8,11-14,17-20,24,26,30,32,36,38,46-47,50-53,56-58H,3-5,7,9-10,15-16,21-23,25,27-29,31,33-35,37,39-45H2,1-2H3,(H,59,60,61)/b8-6+,13-11+,14-12+,19-17+,20-18+,26-24+,32-30+,38-36+/t46-,47-,50-,51?,52?,53+/m1/s1. The van der Waals surface area contributed by atoms with Crippen molar-refractivity contribution in [2.75, 3.05) is 19.0 Å². The minimum atomic E-state index is -4.62. The predicted molar refractivity (Wildman–Crippen MR) is 265 cm³/mol. The molecule has 1 heterocycles. The molecular weight excluding hydrogens is 861 g/mol. The Balaban J connectivity index is 2.46. The van der Waals surface area contributed by atoms with Gasteiger partial charge in [-0.3, -0.25) is 14.1 Å². The molecule has 12 nitrogen and oxygen atoms in total. The van der Waals surface area contributed by atoms with Crippen LogP contribution in [0.25, 0.3) is 0 Å². The van der Waals surface area contributed by atoms with E-state index in [2.05, 4.69) is 92.8 Å². The van der Waals surface area contributed by atoms with E-state index in [0.29, 0.717) is 19.3 Å². The predicted octanol–water partition coefficient (Wildman–Crippen LogP) is 11.0. The highest BCUT2D eigenvalue weighted by molar-refractivity contribution is 7.85. The SMILES string of the molecule is CC/C=C/C/C=C/C/C=C/C/C=C/C/C=C/C/C=C/CCC(=O)O[C@H](COC(=O)CCCCCCCCCCC/C=C/C/C=C/CCCCC)CO[C@H]1O[C@H](CS(=O)(=O)O)[C@@H](O)C(O)C1O. The summed E-state index contributed by atoms with van der Waals surface area (Å²) in [6.07, 6.45) is 47.4. The number of aliphatic hydroxyl groups is 3. The second-order valence-corrected chi connectivity index (χ2v) is 18.2. The normalized spacial score (nSPS) is 20.2. The molecule has 13 heteroatoms. The topological polar surface area (TPSA) is 186 Å². The van der Waals surface area contributed by atoms with Crippen LogP contribution in [-0.2, 0) is 38.7 Å². The molecule has 66 heavy (non-hydrogen) atoms. The fourth-order valence-corrected chi connectivity index (χ4v) is 7.54. The largest absolute Gasteiger partial charge is 0.462 e. The van der Waals surface area contributed by atoms with E-state index in [1.54, 1.807) is 0 Å². The van der Waals surface area contributed by atoms with E-state index in [0.717, 1.165) is 64.2 Å². The highest BCUT2D eigenvalue weighted by Gasteiger charge is 2.46. The average Bonchev–Trinajstić information content (AvgIpc) is 3.28. The molecule has 0 amide bonds. The number of rotatable bonds is 40. The Kier molecular flexibility index (Phi) is 38.3. The van der Waals surface area contributed by atoms with Crippen molar-refractivity contribution in [2.45, 2.75) is 205 Å². The fraction of sp³-hybridized carbons (Fsp3) is 0.660. The number of ether oxygens (including phenoxy) is 4. The van der Waals surface area contributed by atoms with E-state index >= 15 is 0 Å². The molecule has 0 aromatic rings. The lowest BCUT2D eigenvalue weighted by molar-refractivity contribution is -0.297. The number of unbranched alkanes of at least 4 members (excludes halogenated alkanes) is 12. The molecule has 6 atom stereocenters. The third-order valence-corrected chi connectivity index (χ3v) is 11.4.